The summed E-state index contributed by atoms with van der Waals surface area (Å²) in [6.45, 7) is 9.56. The van der Waals surface area contributed by atoms with Gasteiger partial charge in [-0.25, -0.2) is 0 Å². The minimum atomic E-state index is 1.02. The van der Waals surface area contributed by atoms with Crippen LogP contribution in [0.4, 0.5) is 0 Å². The molecule has 0 nitrogen and oxygen atoms in total. The van der Waals surface area contributed by atoms with Crippen LogP contribution in [-0.4, -0.2) is 0 Å². The van der Waals surface area contributed by atoms with Crippen LogP contribution < -0.4 is 0 Å². The molecule has 0 spiro atoms. The molecule has 12 heavy (non-hydrogen) atoms. The van der Waals surface area contributed by atoms with Gasteiger partial charge in [0.25, 0.3) is 0 Å². The van der Waals surface area contributed by atoms with Crippen molar-refractivity contribution in [1.29, 1.82) is 0 Å². The predicted octanol–water partition coefficient (Wildman–Crippen LogP) is 3.23. The quantitative estimate of drug-likeness (QED) is 0.632. The summed E-state index contributed by atoms with van der Waals surface area (Å²) >= 11 is 0. The highest BCUT2D eigenvalue weighted by molar-refractivity contribution is 5.58. The Hall–Kier alpha value is -1.30. The number of benzene rings is 1. The van der Waals surface area contributed by atoms with Crippen LogP contribution in [0, 0.1) is 6.08 Å². The minimum Gasteiger partial charge on any atom is -0.0984 e. The fourth-order valence-electron chi connectivity index (χ4n) is 1.32. The molecule has 0 heterocycles. The van der Waals surface area contributed by atoms with Gasteiger partial charge in [-0.2, -0.15) is 0 Å². The highest BCUT2D eigenvalue weighted by atomic mass is 14.0. The van der Waals surface area contributed by atoms with Crippen LogP contribution in [0.2, 0.25) is 0 Å². The standard InChI is InChI=1S/C12H13/c1-4-10-8-7-9-11(5-2)12(10)6-3/h6-9H,1,3,5H2,2H3. The lowest BCUT2D eigenvalue weighted by molar-refractivity contribution is 1.13. The molecule has 1 aromatic rings. The fraction of sp³-hybridized carbons (Fsp3) is 0.167. The molecular formula is C12H13. The van der Waals surface area contributed by atoms with Crippen LogP contribution in [-0.2, 0) is 6.42 Å². The van der Waals surface area contributed by atoms with Crippen LogP contribution >= 0.6 is 0 Å². The van der Waals surface area contributed by atoms with Crippen molar-refractivity contribution < 1.29 is 0 Å². The summed E-state index contributed by atoms with van der Waals surface area (Å²) in [5.41, 5.74) is 3.51. The van der Waals surface area contributed by atoms with E-state index >= 15 is 0 Å². The van der Waals surface area contributed by atoms with Crippen molar-refractivity contribution in [3.8, 4) is 0 Å². The third kappa shape index (κ3) is 1.48. The summed E-state index contributed by atoms with van der Waals surface area (Å²) in [6.07, 6.45) is 5.79. The van der Waals surface area contributed by atoms with Gasteiger partial charge in [-0.3, -0.25) is 0 Å². The molecule has 0 bridgehead atoms. The lowest BCUT2D eigenvalue weighted by Gasteiger charge is -2.05. The maximum absolute atomic E-state index is 3.78. The molecule has 0 N–H and O–H groups in total. The Morgan fingerprint density at radius 2 is 2.25 bits per heavy atom. The molecule has 1 aromatic carbocycles. The van der Waals surface area contributed by atoms with E-state index in [1.165, 1.54) is 5.56 Å². The van der Waals surface area contributed by atoms with Crippen molar-refractivity contribution in [2.45, 2.75) is 13.3 Å². The molecule has 0 aromatic heterocycles. The monoisotopic (exact) mass is 157 g/mol. The van der Waals surface area contributed by atoms with Crippen LogP contribution in [0.5, 0.6) is 0 Å². The SMILES string of the molecule is C=[C]c1cccc(CC)c1C=C. The molecule has 0 aliphatic heterocycles. The Bertz CT molecular complexity index is 295. The van der Waals surface area contributed by atoms with Crippen molar-refractivity contribution in [3.05, 3.63) is 54.1 Å². The zero-order valence-electron chi connectivity index (χ0n) is 7.43. The second kappa shape index (κ2) is 3.91. The third-order valence-electron chi connectivity index (χ3n) is 1.97. The van der Waals surface area contributed by atoms with Crippen LogP contribution in [0.25, 0.3) is 6.08 Å². The Kier molecular flexibility index (Phi) is 2.87. The smallest absolute Gasteiger partial charge is 0.0109 e. The third-order valence-corrected chi connectivity index (χ3v) is 1.97. The summed E-state index contributed by atoms with van der Waals surface area (Å²) in [7, 11) is 0. The maximum atomic E-state index is 3.78. The average Bonchev–Trinajstić information content (AvgIpc) is 2.16. The number of rotatable bonds is 3. The van der Waals surface area contributed by atoms with E-state index < -0.39 is 0 Å². The van der Waals surface area contributed by atoms with Crippen LogP contribution in [0.3, 0.4) is 0 Å². The summed E-state index contributed by atoms with van der Waals surface area (Å²) in [5.74, 6) is 0. The molecule has 0 fully saturated rings. The molecule has 1 radical (unpaired) electrons. The Morgan fingerprint density at radius 1 is 1.50 bits per heavy atom. The van der Waals surface area contributed by atoms with E-state index in [0.29, 0.717) is 0 Å². The molecule has 61 valence electrons. The van der Waals surface area contributed by atoms with E-state index in [2.05, 4.69) is 32.2 Å². The summed E-state index contributed by atoms with van der Waals surface area (Å²) in [6, 6.07) is 6.14. The van der Waals surface area contributed by atoms with Crippen molar-refractivity contribution >= 4 is 6.08 Å². The first kappa shape index (κ1) is 8.79. The van der Waals surface area contributed by atoms with E-state index in [-0.39, 0.29) is 0 Å². The van der Waals surface area contributed by atoms with Gasteiger partial charge in [0.15, 0.2) is 0 Å². The fourth-order valence-corrected chi connectivity index (χ4v) is 1.32. The molecule has 0 unspecified atom stereocenters. The first-order chi connectivity index (χ1) is 5.83. The van der Waals surface area contributed by atoms with E-state index in [1.807, 2.05) is 18.2 Å². The van der Waals surface area contributed by atoms with Crippen molar-refractivity contribution in [2.24, 2.45) is 0 Å². The lowest BCUT2D eigenvalue weighted by Crippen LogP contribution is -1.89. The van der Waals surface area contributed by atoms with E-state index in [1.54, 1.807) is 0 Å². The molecular weight excluding hydrogens is 144 g/mol. The first-order valence-corrected chi connectivity index (χ1v) is 4.11. The molecule has 0 aliphatic carbocycles. The summed E-state index contributed by atoms with van der Waals surface area (Å²) in [5, 5.41) is 0. The van der Waals surface area contributed by atoms with E-state index in [4.69, 9.17) is 0 Å². The molecule has 0 heteroatoms. The topological polar surface area (TPSA) is 0 Å². The van der Waals surface area contributed by atoms with Crippen LogP contribution in [0.15, 0.2) is 31.4 Å². The molecule has 0 amide bonds. The highest BCUT2D eigenvalue weighted by Gasteiger charge is 1.99. The van der Waals surface area contributed by atoms with Crippen molar-refractivity contribution in [3.63, 3.8) is 0 Å². The number of hydrogen-bond donors (Lipinski definition) is 0. The largest absolute Gasteiger partial charge is 0.0984 e. The molecule has 1 rings (SSSR count). The number of hydrogen-bond acceptors (Lipinski definition) is 0. The number of aryl methyl sites for hydroxylation is 1. The van der Waals surface area contributed by atoms with E-state index in [0.717, 1.165) is 17.5 Å². The summed E-state index contributed by atoms with van der Waals surface area (Å²) in [4.78, 5) is 0. The van der Waals surface area contributed by atoms with Crippen LogP contribution in [0.1, 0.15) is 23.6 Å². The molecule has 0 saturated carbocycles. The highest BCUT2D eigenvalue weighted by Crippen LogP contribution is 2.16. The molecule has 0 atom stereocenters. The second-order valence-electron chi connectivity index (χ2n) is 2.61. The Morgan fingerprint density at radius 3 is 2.75 bits per heavy atom. The van der Waals surface area contributed by atoms with Crippen molar-refractivity contribution in [1.82, 2.24) is 0 Å². The molecule has 0 aliphatic rings. The lowest BCUT2D eigenvalue weighted by atomic mass is 9.99. The van der Waals surface area contributed by atoms with Gasteiger partial charge in [0.2, 0.25) is 0 Å². The zero-order valence-corrected chi connectivity index (χ0v) is 7.43. The second-order valence-corrected chi connectivity index (χ2v) is 2.61. The van der Waals surface area contributed by atoms with Gasteiger partial charge in [-0.15, -0.1) is 0 Å². The normalized spacial score (nSPS) is 9.42. The van der Waals surface area contributed by atoms with Crippen molar-refractivity contribution in [2.75, 3.05) is 0 Å². The zero-order chi connectivity index (χ0) is 8.97. The Balaban J connectivity index is 3.31. The van der Waals surface area contributed by atoms with Gasteiger partial charge in [0, 0.05) is 0 Å². The van der Waals surface area contributed by atoms with Gasteiger partial charge in [0.05, 0.1) is 0 Å². The Labute approximate surface area is 74.2 Å². The maximum Gasteiger partial charge on any atom is -0.0109 e. The van der Waals surface area contributed by atoms with E-state index in [9.17, 15) is 0 Å². The molecule has 0 saturated heterocycles. The average molecular weight is 157 g/mol. The van der Waals surface area contributed by atoms with Gasteiger partial charge in [-0.05, 0) is 29.2 Å². The van der Waals surface area contributed by atoms with Gasteiger partial charge < -0.3 is 0 Å². The van der Waals surface area contributed by atoms with Gasteiger partial charge in [0.1, 0.15) is 0 Å². The van der Waals surface area contributed by atoms with Gasteiger partial charge >= 0.3 is 0 Å². The summed E-state index contributed by atoms with van der Waals surface area (Å²) < 4.78 is 0. The first-order valence-electron chi connectivity index (χ1n) is 4.11. The van der Waals surface area contributed by atoms with Gasteiger partial charge in [-0.1, -0.05) is 44.4 Å². The predicted molar refractivity (Wildman–Crippen MR) is 53.9 cm³/mol. The minimum absolute atomic E-state index is 1.02.